The van der Waals surface area contributed by atoms with Gasteiger partial charge in [0.15, 0.2) is 0 Å². The van der Waals surface area contributed by atoms with Crippen molar-refractivity contribution in [2.45, 2.75) is 25.9 Å². The molecule has 0 bridgehead atoms. The average Bonchev–Trinajstić information content (AvgIpc) is 2.89. The second-order valence-electron chi connectivity index (χ2n) is 6.98. The quantitative estimate of drug-likeness (QED) is 0.899. The lowest BCUT2D eigenvalue weighted by Crippen LogP contribution is -2.51. The van der Waals surface area contributed by atoms with Crippen molar-refractivity contribution in [1.29, 1.82) is 0 Å². The van der Waals surface area contributed by atoms with Crippen molar-refractivity contribution >= 4 is 22.6 Å². The van der Waals surface area contributed by atoms with Gasteiger partial charge < -0.3 is 14.8 Å². The fraction of sp³-hybridized carbons (Fsp3) is 0.611. The summed E-state index contributed by atoms with van der Waals surface area (Å²) in [6.07, 6.45) is 0. The van der Waals surface area contributed by atoms with E-state index in [-0.39, 0.29) is 6.04 Å². The van der Waals surface area contributed by atoms with Crippen LogP contribution in [0.15, 0.2) is 18.2 Å². The third-order valence-corrected chi connectivity index (χ3v) is 5.38. The molecule has 24 heavy (non-hydrogen) atoms. The van der Waals surface area contributed by atoms with Crippen LogP contribution in [0.3, 0.4) is 0 Å². The zero-order valence-electron chi connectivity index (χ0n) is 15.1. The molecule has 1 aromatic heterocycles. The highest BCUT2D eigenvalue weighted by atomic mass is 35.5. The SMILES string of the molecule is C[C@H](NC[C@H](C)N1CCN(C)CC1)c1nc2ccc(Cl)cc2n1C. The van der Waals surface area contributed by atoms with Gasteiger partial charge in [0, 0.05) is 50.8 Å². The number of halogens is 1. The number of hydrogen-bond donors (Lipinski definition) is 1. The third-order valence-electron chi connectivity index (χ3n) is 5.15. The van der Waals surface area contributed by atoms with E-state index in [1.807, 2.05) is 18.2 Å². The number of rotatable bonds is 5. The standard InChI is InChI=1S/C18H28ClN5/c1-13(24-9-7-22(3)8-10-24)12-20-14(2)18-21-16-6-5-15(19)11-17(16)23(18)4/h5-6,11,13-14,20H,7-10,12H2,1-4H3/t13-,14-/m0/s1. The van der Waals surface area contributed by atoms with Crippen LogP contribution in [0.2, 0.25) is 5.02 Å². The van der Waals surface area contributed by atoms with E-state index in [9.17, 15) is 0 Å². The first kappa shape index (κ1) is 17.7. The van der Waals surface area contributed by atoms with Crippen LogP contribution in [0.1, 0.15) is 25.7 Å². The van der Waals surface area contributed by atoms with E-state index in [0.29, 0.717) is 6.04 Å². The lowest BCUT2D eigenvalue weighted by Gasteiger charge is -2.36. The van der Waals surface area contributed by atoms with Gasteiger partial charge in [0.05, 0.1) is 17.1 Å². The topological polar surface area (TPSA) is 36.3 Å². The van der Waals surface area contributed by atoms with Crippen LogP contribution in [0.25, 0.3) is 11.0 Å². The van der Waals surface area contributed by atoms with Crippen LogP contribution in [0.5, 0.6) is 0 Å². The normalized spacial score (nSPS) is 19.7. The Morgan fingerprint density at radius 1 is 1.17 bits per heavy atom. The van der Waals surface area contributed by atoms with Gasteiger partial charge in [-0.15, -0.1) is 0 Å². The molecule has 0 radical (unpaired) electrons. The minimum absolute atomic E-state index is 0.205. The Bertz CT molecular complexity index is 690. The van der Waals surface area contributed by atoms with Crippen molar-refractivity contribution < 1.29 is 0 Å². The highest BCUT2D eigenvalue weighted by molar-refractivity contribution is 6.31. The predicted octanol–water partition coefficient (Wildman–Crippen LogP) is 2.51. The maximum atomic E-state index is 6.11. The van der Waals surface area contributed by atoms with Gasteiger partial charge in [0.2, 0.25) is 0 Å². The minimum Gasteiger partial charge on any atom is -0.330 e. The highest BCUT2D eigenvalue weighted by Gasteiger charge is 2.20. The number of piperazine rings is 1. The molecule has 1 fully saturated rings. The Kier molecular flexibility index (Phi) is 5.45. The third kappa shape index (κ3) is 3.75. The summed E-state index contributed by atoms with van der Waals surface area (Å²) < 4.78 is 2.14. The summed E-state index contributed by atoms with van der Waals surface area (Å²) in [5, 5.41) is 4.40. The van der Waals surface area contributed by atoms with Gasteiger partial charge in [-0.05, 0) is 39.1 Å². The number of nitrogens with zero attached hydrogens (tertiary/aromatic N) is 4. The Morgan fingerprint density at radius 3 is 2.58 bits per heavy atom. The van der Waals surface area contributed by atoms with E-state index >= 15 is 0 Å². The maximum absolute atomic E-state index is 6.11. The van der Waals surface area contributed by atoms with Gasteiger partial charge in [-0.25, -0.2) is 4.98 Å². The molecule has 0 spiro atoms. The Balaban J connectivity index is 1.62. The number of aromatic nitrogens is 2. The fourth-order valence-corrected chi connectivity index (χ4v) is 3.57. The molecule has 2 atom stereocenters. The first-order valence-electron chi connectivity index (χ1n) is 8.73. The maximum Gasteiger partial charge on any atom is 0.126 e. The van der Waals surface area contributed by atoms with Crippen molar-refractivity contribution in [1.82, 2.24) is 24.7 Å². The summed E-state index contributed by atoms with van der Waals surface area (Å²) in [7, 11) is 4.25. The molecular formula is C18H28ClN5. The highest BCUT2D eigenvalue weighted by Crippen LogP contribution is 2.22. The molecule has 6 heteroatoms. The number of benzene rings is 1. The van der Waals surface area contributed by atoms with E-state index in [1.165, 1.54) is 0 Å². The first-order valence-corrected chi connectivity index (χ1v) is 9.11. The van der Waals surface area contributed by atoms with Crippen molar-refractivity contribution in [2.24, 2.45) is 7.05 Å². The summed E-state index contributed by atoms with van der Waals surface area (Å²) in [6.45, 7) is 10.1. The molecule has 1 aromatic carbocycles. The van der Waals surface area contributed by atoms with Crippen LogP contribution in [0, 0.1) is 0 Å². The van der Waals surface area contributed by atoms with Gasteiger partial charge in [0.1, 0.15) is 5.82 Å². The van der Waals surface area contributed by atoms with Crippen LogP contribution >= 0.6 is 11.6 Å². The van der Waals surface area contributed by atoms with Gasteiger partial charge in [-0.1, -0.05) is 11.6 Å². The van der Waals surface area contributed by atoms with E-state index in [1.54, 1.807) is 0 Å². The van der Waals surface area contributed by atoms with Gasteiger partial charge >= 0.3 is 0 Å². The number of imidazole rings is 1. The van der Waals surface area contributed by atoms with E-state index in [0.717, 1.165) is 54.6 Å². The molecule has 1 aliphatic rings. The predicted molar refractivity (Wildman–Crippen MR) is 101 cm³/mol. The van der Waals surface area contributed by atoms with E-state index in [2.05, 4.69) is 47.6 Å². The smallest absolute Gasteiger partial charge is 0.126 e. The summed E-state index contributed by atoms with van der Waals surface area (Å²) in [5.74, 6) is 1.05. The molecule has 1 N–H and O–H groups in total. The second kappa shape index (κ2) is 7.40. The number of hydrogen-bond acceptors (Lipinski definition) is 4. The number of likely N-dealkylation sites (N-methyl/N-ethyl adjacent to an activating group) is 1. The summed E-state index contributed by atoms with van der Waals surface area (Å²) in [6, 6.07) is 6.60. The van der Waals surface area contributed by atoms with E-state index < -0.39 is 0 Å². The van der Waals surface area contributed by atoms with Crippen molar-refractivity contribution in [2.75, 3.05) is 39.8 Å². The fourth-order valence-electron chi connectivity index (χ4n) is 3.40. The number of nitrogens with one attached hydrogen (secondary N) is 1. The first-order chi connectivity index (χ1) is 11.5. The molecule has 2 heterocycles. The average molecular weight is 350 g/mol. The molecule has 1 saturated heterocycles. The van der Waals surface area contributed by atoms with Crippen molar-refractivity contribution in [3.8, 4) is 0 Å². The molecule has 3 rings (SSSR count). The van der Waals surface area contributed by atoms with Gasteiger partial charge in [-0.3, -0.25) is 4.90 Å². The van der Waals surface area contributed by atoms with Crippen LogP contribution < -0.4 is 5.32 Å². The van der Waals surface area contributed by atoms with Gasteiger partial charge in [-0.2, -0.15) is 0 Å². The lowest BCUT2D eigenvalue weighted by molar-refractivity contribution is 0.116. The molecule has 0 aliphatic carbocycles. The van der Waals surface area contributed by atoms with Crippen molar-refractivity contribution in [3.63, 3.8) is 0 Å². The monoisotopic (exact) mass is 349 g/mol. The largest absolute Gasteiger partial charge is 0.330 e. The summed E-state index contributed by atoms with van der Waals surface area (Å²) in [5.41, 5.74) is 2.08. The Labute approximate surface area is 149 Å². The summed E-state index contributed by atoms with van der Waals surface area (Å²) >= 11 is 6.11. The van der Waals surface area contributed by atoms with Crippen LogP contribution in [-0.2, 0) is 7.05 Å². The molecule has 0 saturated carbocycles. The molecule has 0 unspecified atom stereocenters. The van der Waals surface area contributed by atoms with E-state index in [4.69, 9.17) is 16.6 Å². The molecule has 5 nitrogen and oxygen atoms in total. The Morgan fingerprint density at radius 2 is 1.88 bits per heavy atom. The van der Waals surface area contributed by atoms with Crippen molar-refractivity contribution in [3.05, 3.63) is 29.0 Å². The molecule has 132 valence electrons. The molecular weight excluding hydrogens is 322 g/mol. The Hall–Kier alpha value is -1.14. The zero-order chi connectivity index (χ0) is 17.3. The van der Waals surface area contributed by atoms with Crippen LogP contribution in [0.4, 0.5) is 0 Å². The number of aryl methyl sites for hydroxylation is 1. The zero-order valence-corrected chi connectivity index (χ0v) is 15.8. The lowest BCUT2D eigenvalue weighted by atomic mass is 10.2. The minimum atomic E-state index is 0.205. The molecule has 0 amide bonds. The molecule has 1 aliphatic heterocycles. The number of fused-ring (bicyclic) bond motifs is 1. The summed E-state index contributed by atoms with van der Waals surface area (Å²) in [4.78, 5) is 9.73. The molecule has 2 aromatic rings. The second-order valence-corrected chi connectivity index (χ2v) is 7.42. The van der Waals surface area contributed by atoms with Crippen LogP contribution in [-0.4, -0.2) is 65.2 Å². The van der Waals surface area contributed by atoms with Gasteiger partial charge in [0.25, 0.3) is 0 Å².